The monoisotopic (exact) mass is 221 g/mol. The Bertz CT molecular complexity index is 348. The fourth-order valence-electron chi connectivity index (χ4n) is 2.20. The van der Waals surface area contributed by atoms with Crippen molar-refractivity contribution in [3.63, 3.8) is 0 Å². The van der Waals surface area contributed by atoms with Gasteiger partial charge in [-0.2, -0.15) is 0 Å². The number of nitrogens with two attached hydrogens (primary N) is 1. The molecule has 1 saturated carbocycles. The zero-order valence-corrected chi connectivity index (χ0v) is 9.45. The zero-order chi connectivity index (χ0) is 11.4. The standard InChI is InChI=1S/C12H19N3O/c13-10-5-4-8-14-11(10)15-9-12(16)6-2-1-3-7-12/h4-5,8,16H,1-3,6-7,9,13H2,(H,14,15). The van der Waals surface area contributed by atoms with Crippen LogP contribution in [-0.4, -0.2) is 22.2 Å². The van der Waals surface area contributed by atoms with Crippen LogP contribution >= 0.6 is 0 Å². The molecule has 1 heterocycles. The lowest BCUT2D eigenvalue weighted by Gasteiger charge is -2.32. The molecule has 16 heavy (non-hydrogen) atoms. The third kappa shape index (κ3) is 2.64. The third-order valence-corrected chi connectivity index (χ3v) is 3.21. The second kappa shape index (κ2) is 4.70. The Labute approximate surface area is 95.9 Å². The zero-order valence-electron chi connectivity index (χ0n) is 9.45. The molecule has 4 N–H and O–H groups in total. The fraction of sp³-hybridized carbons (Fsp3) is 0.583. The number of aliphatic hydroxyl groups is 1. The number of hydrogen-bond acceptors (Lipinski definition) is 4. The molecule has 1 fully saturated rings. The van der Waals surface area contributed by atoms with Gasteiger partial charge < -0.3 is 16.2 Å². The molecule has 1 aliphatic carbocycles. The Balaban J connectivity index is 1.94. The number of nitrogens with one attached hydrogen (secondary N) is 1. The minimum atomic E-state index is -0.581. The van der Waals surface area contributed by atoms with Crippen LogP contribution in [0.5, 0.6) is 0 Å². The Hall–Kier alpha value is -1.29. The first kappa shape index (κ1) is 11.2. The minimum Gasteiger partial charge on any atom is -0.396 e. The molecule has 0 bridgehead atoms. The van der Waals surface area contributed by atoms with Crippen molar-refractivity contribution in [1.82, 2.24) is 4.98 Å². The molecule has 0 aliphatic heterocycles. The van der Waals surface area contributed by atoms with Crippen molar-refractivity contribution in [1.29, 1.82) is 0 Å². The van der Waals surface area contributed by atoms with E-state index in [0.717, 1.165) is 25.7 Å². The molecule has 1 aliphatic rings. The Morgan fingerprint density at radius 2 is 2.12 bits per heavy atom. The van der Waals surface area contributed by atoms with Crippen molar-refractivity contribution in [2.45, 2.75) is 37.7 Å². The highest BCUT2D eigenvalue weighted by Crippen LogP contribution is 2.28. The molecule has 2 rings (SSSR count). The molecule has 4 heteroatoms. The fourth-order valence-corrected chi connectivity index (χ4v) is 2.20. The number of anilines is 2. The van der Waals surface area contributed by atoms with E-state index in [9.17, 15) is 5.11 Å². The molecule has 0 saturated heterocycles. The molecule has 1 aromatic heterocycles. The van der Waals surface area contributed by atoms with Crippen LogP contribution in [0.2, 0.25) is 0 Å². The average Bonchev–Trinajstić information content (AvgIpc) is 2.29. The second-order valence-corrected chi connectivity index (χ2v) is 4.58. The van der Waals surface area contributed by atoms with Crippen LogP contribution in [0, 0.1) is 0 Å². The van der Waals surface area contributed by atoms with Crippen molar-refractivity contribution >= 4 is 11.5 Å². The van der Waals surface area contributed by atoms with E-state index in [1.54, 1.807) is 18.3 Å². The Morgan fingerprint density at radius 3 is 2.81 bits per heavy atom. The molecule has 0 radical (unpaired) electrons. The maximum atomic E-state index is 10.3. The summed E-state index contributed by atoms with van der Waals surface area (Å²) in [5.74, 6) is 0.668. The summed E-state index contributed by atoms with van der Waals surface area (Å²) < 4.78 is 0. The lowest BCUT2D eigenvalue weighted by atomic mass is 9.85. The largest absolute Gasteiger partial charge is 0.396 e. The van der Waals surface area contributed by atoms with Crippen molar-refractivity contribution in [3.05, 3.63) is 18.3 Å². The van der Waals surface area contributed by atoms with Gasteiger partial charge >= 0.3 is 0 Å². The van der Waals surface area contributed by atoms with Gasteiger partial charge in [0.1, 0.15) is 5.82 Å². The SMILES string of the molecule is Nc1cccnc1NCC1(O)CCCCC1. The Kier molecular flexibility index (Phi) is 3.29. The van der Waals surface area contributed by atoms with Gasteiger partial charge in [-0.05, 0) is 25.0 Å². The van der Waals surface area contributed by atoms with Crippen molar-refractivity contribution in [2.75, 3.05) is 17.6 Å². The normalized spacial score (nSPS) is 19.3. The van der Waals surface area contributed by atoms with Gasteiger partial charge in [-0.15, -0.1) is 0 Å². The predicted molar refractivity (Wildman–Crippen MR) is 65.2 cm³/mol. The van der Waals surface area contributed by atoms with E-state index >= 15 is 0 Å². The van der Waals surface area contributed by atoms with Crippen LogP contribution in [0.25, 0.3) is 0 Å². The molecular formula is C12H19N3O. The first-order chi connectivity index (χ1) is 7.70. The van der Waals surface area contributed by atoms with Gasteiger partial charge in [0.2, 0.25) is 0 Å². The average molecular weight is 221 g/mol. The molecule has 0 atom stereocenters. The lowest BCUT2D eigenvalue weighted by molar-refractivity contribution is 0.0167. The van der Waals surface area contributed by atoms with Crippen LogP contribution in [0.4, 0.5) is 11.5 Å². The molecule has 0 unspecified atom stereocenters. The topological polar surface area (TPSA) is 71.2 Å². The summed E-state index contributed by atoms with van der Waals surface area (Å²) in [6, 6.07) is 3.61. The highest BCUT2D eigenvalue weighted by atomic mass is 16.3. The van der Waals surface area contributed by atoms with E-state index in [0.29, 0.717) is 18.1 Å². The Morgan fingerprint density at radius 1 is 1.38 bits per heavy atom. The number of hydrogen-bond donors (Lipinski definition) is 3. The van der Waals surface area contributed by atoms with Gasteiger partial charge in [-0.25, -0.2) is 4.98 Å². The number of nitrogens with zero attached hydrogens (tertiary/aromatic N) is 1. The summed E-state index contributed by atoms with van der Waals surface area (Å²) in [5.41, 5.74) is 5.82. The first-order valence-electron chi connectivity index (χ1n) is 5.86. The van der Waals surface area contributed by atoms with Crippen molar-refractivity contribution < 1.29 is 5.11 Å². The van der Waals surface area contributed by atoms with E-state index in [4.69, 9.17) is 5.73 Å². The molecule has 4 nitrogen and oxygen atoms in total. The maximum Gasteiger partial charge on any atom is 0.149 e. The quantitative estimate of drug-likeness (QED) is 0.727. The minimum absolute atomic E-state index is 0.536. The number of aromatic nitrogens is 1. The van der Waals surface area contributed by atoms with E-state index in [1.165, 1.54) is 6.42 Å². The number of pyridine rings is 1. The first-order valence-corrected chi connectivity index (χ1v) is 5.86. The van der Waals surface area contributed by atoms with Crippen LogP contribution < -0.4 is 11.1 Å². The molecule has 0 spiro atoms. The smallest absolute Gasteiger partial charge is 0.149 e. The number of nitrogen functional groups attached to an aromatic ring is 1. The number of rotatable bonds is 3. The van der Waals surface area contributed by atoms with Crippen LogP contribution in [-0.2, 0) is 0 Å². The van der Waals surface area contributed by atoms with E-state index < -0.39 is 5.60 Å². The molecule has 0 aromatic carbocycles. The lowest BCUT2D eigenvalue weighted by Crippen LogP contribution is -2.39. The van der Waals surface area contributed by atoms with Gasteiger partial charge in [0.05, 0.1) is 11.3 Å². The highest BCUT2D eigenvalue weighted by Gasteiger charge is 2.28. The third-order valence-electron chi connectivity index (χ3n) is 3.21. The molecular weight excluding hydrogens is 202 g/mol. The van der Waals surface area contributed by atoms with Gasteiger partial charge in [-0.1, -0.05) is 19.3 Å². The van der Waals surface area contributed by atoms with E-state index in [-0.39, 0.29) is 0 Å². The van der Waals surface area contributed by atoms with Crippen molar-refractivity contribution in [2.24, 2.45) is 0 Å². The van der Waals surface area contributed by atoms with E-state index in [1.807, 2.05) is 0 Å². The van der Waals surface area contributed by atoms with Gasteiger partial charge in [0.25, 0.3) is 0 Å². The predicted octanol–water partition coefficient (Wildman–Crippen LogP) is 1.77. The molecule has 1 aromatic rings. The van der Waals surface area contributed by atoms with Gasteiger partial charge in [0.15, 0.2) is 0 Å². The second-order valence-electron chi connectivity index (χ2n) is 4.58. The van der Waals surface area contributed by atoms with Gasteiger partial charge in [-0.3, -0.25) is 0 Å². The summed E-state index contributed by atoms with van der Waals surface area (Å²) in [7, 11) is 0. The van der Waals surface area contributed by atoms with E-state index in [2.05, 4.69) is 10.3 Å². The van der Waals surface area contributed by atoms with Crippen LogP contribution in [0.3, 0.4) is 0 Å². The molecule has 88 valence electrons. The summed E-state index contributed by atoms with van der Waals surface area (Å²) in [5, 5.41) is 13.4. The van der Waals surface area contributed by atoms with Gasteiger partial charge in [0, 0.05) is 12.7 Å². The maximum absolute atomic E-state index is 10.3. The van der Waals surface area contributed by atoms with Crippen LogP contribution in [0.15, 0.2) is 18.3 Å². The van der Waals surface area contributed by atoms with Crippen LogP contribution in [0.1, 0.15) is 32.1 Å². The van der Waals surface area contributed by atoms with Crippen molar-refractivity contribution in [3.8, 4) is 0 Å². The highest BCUT2D eigenvalue weighted by molar-refractivity contribution is 5.60. The summed E-state index contributed by atoms with van der Waals surface area (Å²) in [6.07, 6.45) is 6.88. The summed E-state index contributed by atoms with van der Waals surface area (Å²) in [6.45, 7) is 0.536. The molecule has 0 amide bonds. The summed E-state index contributed by atoms with van der Waals surface area (Å²) >= 11 is 0. The summed E-state index contributed by atoms with van der Waals surface area (Å²) in [4.78, 5) is 4.15.